The molecule has 2 aliphatic heterocycles. The molecule has 2 fully saturated rings. The second-order valence-electron chi connectivity index (χ2n) is 5.53. The minimum Gasteiger partial charge on any atom is -0.394 e. The van der Waals surface area contributed by atoms with Crippen LogP contribution in [0, 0.1) is 0 Å². The molecule has 2 aliphatic rings. The van der Waals surface area contributed by atoms with Crippen LogP contribution in [0.4, 0.5) is 0 Å². The van der Waals surface area contributed by atoms with Crippen molar-refractivity contribution in [2.45, 2.75) is 61.4 Å². The summed E-state index contributed by atoms with van der Waals surface area (Å²) < 4.78 is 15.1. The van der Waals surface area contributed by atoms with E-state index in [2.05, 4.69) is 0 Å². The molecule has 0 spiro atoms. The molecule has 2 heterocycles. The Balaban J connectivity index is 2.08. The first-order chi connectivity index (χ1) is 10.8. The molecule has 2 saturated heterocycles. The third-order valence-corrected chi connectivity index (χ3v) is 3.98. The minimum absolute atomic E-state index is 0.651. The van der Waals surface area contributed by atoms with Crippen LogP contribution in [0.15, 0.2) is 0 Å². The number of aliphatic hydroxyl groups is 8. The average molecular weight is 342 g/mol. The number of ether oxygens (including phenoxy) is 3. The molecule has 0 aromatic heterocycles. The monoisotopic (exact) mass is 342 g/mol. The van der Waals surface area contributed by atoms with E-state index in [1.165, 1.54) is 0 Å². The van der Waals surface area contributed by atoms with Crippen molar-refractivity contribution in [1.29, 1.82) is 0 Å². The third-order valence-electron chi connectivity index (χ3n) is 3.98. The lowest BCUT2D eigenvalue weighted by molar-refractivity contribution is -0.361. The van der Waals surface area contributed by atoms with Gasteiger partial charge in [0.1, 0.15) is 48.8 Å². The molecule has 0 bridgehead atoms. The van der Waals surface area contributed by atoms with Crippen LogP contribution in [0.25, 0.3) is 0 Å². The second kappa shape index (κ2) is 7.63. The summed E-state index contributed by atoms with van der Waals surface area (Å²) in [5.41, 5.74) is 0. The lowest BCUT2D eigenvalue weighted by Crippen LogP contribution is -2.64. The zero-order chi connectivity index (χ0) is 17.3. The van der Waals surface area contributed by atoms with Crippen LogP contribution in [0.5, 0.6) is 0 Å². The van der Waals surface area contributed by atoms with Gasteiger partial charge in [0.25, 0.3) is 0 Å². The van der Waals surface area contributed by atoms with Gasteiger partial charge in [0, 0.05) is 0 Å². The van der Waals surface area contributed by atoms with Crippen LogP contribution < -0.4 is 0 Å². The van der Waals surface area contributed by atoms with Gasteiger partial charge in [-0.15, -0.1) is 0 Å². The van der Waals surface area contributed by atoms with Gasteiger partial charge in [0.05, 0.1) is 13.2 Å². The number of rotatable bonds is 4. The van der Waals surface area contributed by atoms with Gasteiger partial charge in [-0.2, -0.15) is 0 Å². The first-order valence-corrected chi connectivity index (χ1v) is 7.08. The van der Waals surface area contributed by atoms with E-state index in [-0.39, 0.29) is 0 Å². The van der Waals surface area contributed by atoms with E-state index in [0.717, 1.165) is 0 Å². The van der Waals surface area contributed by atoms with E-state index < -0.39 is 74.6 Å². The number of hydrogen-bond donors (Lipinski definition) is 8. The maximum absolute atomic E-state index is 9.94. The SMILES string of the molecule is OC[C@@H]1O[C@H](O)[C@@H](O[C@@H]2O[C@H](CO)[C@@H](O)[C@H](O)[C@@H]2O)[C@H](O)[C@H]1O. The minimum atomic E-state index is -1.75. The van der Waals surface area contributed by atoms with Crippen LogP contribution in [0.3, 0.4) is 0 Å². The Morgan fingerprint density at radius 2 is 1.17 bits per heavy atom. The van der Waals surface area contributed by atoms with Crippen LogP contribution in [0.1, 0.15) is 0 Å². The number of hydrogen-bond acceptors (Lipinski definition) is 11. The summed E-state index contributed by atoms with van der Waals surface area (Å²) in [5.74, 6) is 0. The van der Waals surface area contributed by atoms with Crippen molar-refractivity contribution in [2.75, 3.05) is 13.2 Å². The van der Waals surface area contributed by atoms with E-state index >= 15 is 0 Å². The van der Waals surface area contributed by atoms with Gasteiger partial charge < -0.3 is 55.1 Å². The standard InChI is InChI=1S/C12H22O11/c13-1-3-6(16)8(18)10(11(20)21-3)23-12-9(19)7(17)5(15)4(2-14)22-12/h3-20H,1-2H2/t3-,4+,5+,6-,7-,8+,9-,10-,11-,12-/m0/s1. The topological polar surface area (TPSA) is 190 Å². The van der Waals surface area contributed by atoms with Gasteiger partial charge >= 0.3 is 0 Å². The molecule has 23 heavy (non-hydrogen) atoms. The van der Waals surface area contributed by atoms with E-state index in [1.807, 2.05) is 0 Å². The fraction of sp³-hybridized carbons (Fsp3) is 1.00. The Bertz CT molecular complexity index is 380. The zero-order valence-electron chi connectivity index (χ0n) is 12.0. The molecule has 136 valence electrons. The highest BCUT2D eigenvalue weighted by Crippen LogP contribution is 2.28. The largest absolute Gasteiger partial charge is 0.394 e. The van der Waals surface area contributed by atoms with Crippen molar-refractivity contribution in [3.8, 4) is 0 Å². The van der Waals surface area contributed by atoms with Crippen LogP contribution >= 0.6 is 0 Å². The van der Waals surface area contributed by atoms with Gasteiger partial charge in [0.15, 0.2) is 12.6 Å². The molecular formula is C12H22O11. The first kappa shape index (κ1) is 18.9. The Morgan fingerprint density at radius 1 is 0.652 bits per heavy atom. The molecule has 0 aromatic rings. The predicted octanol–water partition coefficient (Wildman–Crippen LogP) is -5.40. The number of aliphatic hydroxyl groups excluding tert-OH is 8. The van der Waals surface area contributed by atoms with Gasteiger partial charge in [-0.25, -0.2) is 0 Å². The Kier molecular flexibility index (Phi) is 6.27. The molecule has 0 unspecified atom stereocenters. The van der Waals surface area contributed by atoms with Crippen molar-refractivity contribution < 1.29 is 55.1 Å². The zero-order valence-corrected chi connectivity index (χ0v) is 12.0. The van der Waals surface area contributed by atoms with E-state index in [0.29, 0.717) is 0 Å². The molecule has 0 aromatic carbocycles. The first-order valence-electron chi connectivity index (χ1n) is 7.08. The summed E-state index contributed by atoms with van der Waals surface area (Å²) in [7, 11) is 0. The highest BCUT2D eigenvalue weighted by atomic mass is 16.7. The maximum atomic E-state index is 9.94. The van der Waals surface area contributed by atoms with E-state index in [1.54, 1.807) is 0 Å². The summed E-state index contributed by atoms with van der Waals surface area (Å²) in [4.78, 5) is 0. The summed E-state index contributed by atoms with van der Waals surface area (Å²) in [6, 6.07) is 0. The Hall–Kier alpha value is -0.440. The van der Waals surface area contributed by atoms with E-state index in [9.17, 15) is 30.6 Å². The quantitative estimate of drug-likeness (QED) is 0.243. The Labute approximate surface area is 130 Å². The molecule has 0 saturated carbocycles. The molecule has 0 amide bonds. The molecule has 0 aliphatic carbocycles. The Morgan fingerprint density at radius 3 is 1.74 bits per heavy atom. The molecule has 11 nitrogen and oxygen atoms in total. The predicted molar refractivity (Wildman–Crippen MR) is 68.6 cm³/mol. The second-order valence-corrected chi connectivity index (χ2v) is 5.53. The van der Waals surface area contributed by atoms with Crippen LogP contribution in [0.2, 0.25) is 0 Å². The lowest BCUT2D eigenvalue weighted by Gasteiger charge is -2.44. The molecular weight excluding hydrogens is 320 g/mol. The smallest absolute Gasteiger partial charge is 0.187 e. The van der Waals surface area contributed by atoms with Crippen molar-refractivity contribution in [3.05, 3.63) is 0 Å². The molecule has 11 heteroatoms. The maximum Gasteiger partial charge on any atom is 0.187 e. The van der Waals surface area contributed by atoms with Crippen molar-refractivity contribution in [1.82, 2.24) is 0 Å². The van der Waals surface area contributed by atoms with E-state index in [4.69, 9.17) is 24.4 Å². The lowest BCUT2D eigenvalue weighted by atomic mass is 9.97. The summed E-state index contributed by atoms with van der Waals surface area (Å²) in [5, 5.41) is 76.7. The molecule has 10 atom stereocenters. The van der Waals surface area contributed by atoms with Crippen molar-refractivity contribution in [2.24, 2.45) is 0 Å². The highest BCUT2D eigenvalue weighted by molar-refractivity contribution is 4.93. The normalized spacial score (nSPS) is 51.7. The molecule has 2 rings (SSSR count). The van der Waals surface area contributed by atoms with Crippen molar-refractivity contribution >= 4 is 0 Å². The fourth-order valence-corrected chi connectivity index (χ4v) is 2.55. The summed E-state index contributed by atoms with van der Waals surface area (Å²) >= 11 is 0. The fourth-order valence-electron chi connectivity index (χ4n) is 2.55. The third kappa shape index (κ3) is 3.65. The average Bonchev–Trinajstić information content (AvgIpc) is 2.54. The van der Waals surface area contributed by atoms with Gasteiger partial charge in [-0.05, 0) is 0 Å². The molecule has 0 radical (unpaired) electrons. The van der Waals surface area contributed by atoms with Gasteiger partial charge in [-0.1, -0.05) is 0 Å². The molecule has 8 N–H and O–H groups in total. The van der Waals surface area contributed by atoms with Crippen LogP contribution in [-0.2, 0) is 14.2 Å². The summed E-state index contributed by atoms with van der Waals surface area (Å²) in [6.45, 7) is -1.33. The van der Waals surface area contributed by atoms with Gasteiger partial charge in [-0.3, -0.25) is 0 Å². The van der Waals surface area contributed by atoms with Crippen molar-refractivity contribution in [3.63, 3.8) is 0 Å². The van der Waals surface area contributed by atoms with Gasteiger partial charge in [0.2, 0.25) is 0 Å². The van der Waals surface area contributed by atoms with Crippen LogP contribution in [-0.4, -0.2) is 115 Å². The highest BCUT2D eigenvalue weighted by Gasteiger charge is 2.50. The summed E-state index contributed by atoms with van der Waals surface area (Å²) in [6.07, 6.45) is -15.6.